The van der Waals surface area contributed by atoms with E-state index < -0.39 is 0 Å². The standard InChI is InChI=1S/C24H16N2/c1-2-8-16(9-3-1)22-19-11-5-7-13-21(19)26-15-14-18-17-10-4-6-12-20(17)25-23(18)24(22)26/h1-15,25H. The van der Waals surface area contributed by atoms with Crippen LogP contribution in [0, 0.1) is 0 Å². The summed E-state index contributed by atoms with van der Waals surface area (Å²) in [6.45, 7) is 0. The molecular formula is C24H16N2. The highest BCUT2D eigenvalue weighted by molar-refractivity contribution is 6.19. The monoisotopic (exact) mass is 332 g/mol. The molecule has 26 heavy (non-hydrogen) atoms. The van der Waals surface area contributed by atoms with Gasteiger partial charge >= 0.3 is 0 Å². The molecule has 0 atom stereocenters. The Balaban J connectivity index is 1.92. The van der Waals surface area contributed by atoms with Crippen molar-refractivity contribution < 1.29 is 0 Å². The molecular weight excluding hydrogens is 316 g/mol. The molecule has 0 aliphatic rings. The predicted molar refractivity (Wildman–Crippen MR) is 110 cm³/mol. The summed E-state index contributed by atoms with van der Waals surface area (Å²) in [5.74, 6) is 0. The molecule has 0 unspecified atom stereocenters. The van der Waals surface area contributed by atoms with Crippen LogP contribution in [0.5, 0.6) is 0 Å². The molecule has 122 valence electrons. The second-order valence-corrected chi connectivity index (χ2v) is 6.75. The minimum atomic E-state index is 1.18. The van der Waals surface area contributed by atoms with Crippen LogP contribution in [0.15, 0.2) is 91.1 Å². The molecule has 0 fully saturated rings. The van der Waals surface area contributed by atoms with Crippen molar-refractivity contribution in [3.05, 3.63) is 91.1 Å². The van der Waals surface area contributed by atoms with Crippen LogP contribution < -0.4 is 0 Å². The summed E-state index contributed by atoms with van der Waals surface area (Å²) >= 11 is 0. The molecule has 0 spiro atoms. The minimum absolute atomic E-state index is 1.18. The maximum atomic E-state index is 3.67. The Morgan fingerprint density at radius 1 is 0.615 bits per heavy atom. The third kappa shape index (κ3) is 1.71. The van der Waals surface area contributed by atoms with E-state index in [1.807, 2.05) is 0 Å². The van der Waals surface area contributed by atoms with E-state index in [1.54, 1.807) is 0 Å². The van der Waals surface area contributed by atoms with Gasteiger partial charge < -0.3 is 9.38 Å². The van der Waals surface area contributed by atoms with Gasteiger partial charge in [0.05, 0.1) is 16.6 Å². The van der Waals surface area contributed by atoms with E-state index in [0.717, 1.165) is 0 Å². The van der Waals surface area contributed by atoms with E-state index in [0.29, 0.717) is 0 Å². The fourth-order valence-corrected chi connectivity index (χ4v) is 4.23. The van der Waals surface area contributed by atoms with Crippen LogP contribution in [0.4, 0.5) is 0 Å². The summed E-state index contributed by atoms with van der Waals surface area (Å²) in [6, 6.07) is 30.1. The number of rotatable bonds is 1. The van der Waals surface area contributed by atoms with Gasteiger partial charge in [-0.05, 0) is 23.8 Å². The molecule has 3 aromatic heterocycles. The van der Waals surface area contributed by atoms with Crippen molar-refractivity contribution in [2.75, 3.05) is 0 Å². The van der Waals surface area contributed by atoms with Crippen molar-refractivity contribution in [3.8, 4) is 11.1 Å². The number of pyridine rings is 1. The molecule has 0 amide bonds. The summed E-state index contributed by atoms with van der Waals surface area (Å²) in [5.41, 5.74) is 7.40. The third-order valence-corrected chi connectivity index (χ3v) is 5.35. The number of hydrogen-bond acceptors (Lipinski definition) is 0. The highest BCUT2D eigenvalue weighted by atomic mass is 14.9. The number of aromatic amines is 1. The average Bonchev–Trinajstić information content (AvgIpc) is 3.24. The topological polar surface area (TPSA) is 20.2 Å². The Kier molecular flexibility index (Phi) is 2.64. The molecule has 0 aliphatic carbocycles. The minimum Gasteiger partial charge on any atom is -0.353 e. The molecule has 1 N–H and O–H groups in total. The van der Waals surface area contributed by atoms with Crippen LogP contribution in [-0.2, 0) is 0 Å². The molecule has 3 heterocycles. The molecule has 6 rings (SSSR count). The van der Waals surface area contributed by atoms with Crippen molar-refractivity contribution >= 4 is 38.2 Å². The number of benzene rings is 3. The first-order valence-electron chi connectivity index (χ1n) is 8.89. The number of para-hydroxylation sites is 2. The van der Waals surface area contributed by atoms with Crippen molar-refractivity contribution in [2.24, 2.45) is 0 Å². The Bertz CT molecular complexity index is 1420. The maximum Gasteiger partial charge on any atom is 0.0784 e. The lowest BCUT2D eigenvalue weighted by Gasteiger charge is -2.03. The Morgan fingerprint density at radius 2 is 1.35 bits per heavy atom. The number of nitrogens with one attached hydrogen (secondary N) is 1. The zero-order valence-corrected chi connectivity index (χ0v) is 14.1. The average molecular weight is 332 g/mol. The first-order valence-corrected chi connectivity index (χ1v) is 8.89. The molecule has 2 heteroatoms. The maximum absolute atomic E-state index is 3.67. The van der Waals surface area contributed by atoms with Gasteiger partial charge in [-0.25, -0.2) is 0 Å². The van der Waals surface area contributed by atoms with Crippen LogP contribution in [-0.4, -0.2) is 9.38 Å². The zero-order chi connectivity index (χ0) is 17.1. The van der Waals surface area contributed by atoms with Gasteiger partial charge in [0.25, 0.3) is 0 Å². The molecule has 0 aliphatic heterocycles. The number of hydrogen-bond donors (Lipinski definition) is 1. The van der Waals surface area contributed by atoms with Crippen LogP contribution in [0.25, 0.3) is 49.4 Å². The lowest BCUT2D eigenvalue weighted by atomic mass is 10.0. The zero-order valence-electron chi connectivity index (χ0n) is 14.1. The number of fused-ring (bicyclic) bond motifs is 7. The van der Waals surface area contributed by atoms with Gasteiger partial charge in [0.1, 0.15) is 0 Å². The molecule has 0 radical (unpaired) electrons. The smallest absolute Gasteiger partial charge is 0.0784 e. The van der Waals surface area contributed by atoms with Crippen LogP contribution in [0.2, 0.25) is 0 Å². The van der Waals surface area contributed by atoms with Gasteiger partial charge in [-0.2, -0.15) is 0 Å². The quantitative estimate of drug-likeness (QED) is 0.360. The van der Waals surface area contributed by atoms with Crippen molar-refractivity contribution in [2.45, 2.75) is 0 Å². The number of H-pyrrole nitrogens is 1. The van der Waals surface area contributed by atoms with Crippen molar-refractivity contribution in [1.82, 2.24) is 9.38 Å². The van der Waals surface area contributed by atoms with E-state index in [9.17, 15) is 0 Å². The summed E-state index contributed by atoms with van der Waals surface area (Å²) in [7, 11) is 0. The van der Waals surface area contributed by atoms with Crippen LogP contribution in [0.1, 0.15) is 0 Å². The summed E-state index contributed by atoms with van der Waals surface area (Å²) in [4.78, 5) is 3.67. The lowest BCUT2D eigenvalue weighted by Crippen LogP contribution is -1.85. The van der Waals surface area contributed by atoms with Gasteiger partial charge in [0, 0.05) is 33.4 Å². The summed E-state index contributed by atoms with van der Waals surface area (Å²) in [6.07, 6.45) is 2.20. The fraction of sp³-hybridized carbons (Fsp3) is 0. The van der Waals surface area contributed by atoms with E-state index in [2.05, 4.69) is 101 Å². The molecule has 0 saturated carbocycles. The largest absolute Gasteiger partial charge is 0.353 e. The Morgan fingerprint density at radius 3 is 2.23 bits per heavy atom. The molecule has 0 saturated heterocycles. The highest BCUT2D eigenvalue weighted by Crippen LogP contribution is 2.39. The summed E-state index contributed by atoms with van der Waals surface area (Å²) < 4.78 is 2.31. The number of aromatic nitrogens is 2. The van der Waals surface area contributed by atoms with Gasteiger partial charge in [0.15, 0.2) is 0 Å². The predicted octanol–water partition coefficient (Wildman–Crippen LogP) is 6.39. The van der Waals surface area contributed by atoms with Crippen molar-refractivity contribution in [3.63, 3.8) is 0 Å². The third-order valence-electron chi connectivity index (χ3n) is 5.35. The molecule has 0 bridgehead atoms. The van der Waals surface area contributed by atoms with Crippen LogP contribution in [0.3, 0.4) is 0 Å². The molecule has 6 aromatic rings. The van der Waals surface area contributed by atoms with E-state index in [-0.39, 0.29) is 0 Å². The normalized spacial score (nSPS) is 11.8. The second-order valence-electron chi connectivity index (χ2n) is 6.75. The summed E-state index contributed by atoms with van der Waals surface area (Å²) in [5, 5.41) is 3.83. The fourth-order valence-electron chi connectivity index (χ4n) is 4.23. The Hall–Kier alpha value is -3.52. The first kappa shape index (κ1) is 13.7. The Labute approximate surface area is 150 Å². The molecule has 3 aromatic carbocycles. The van der Waals surface area contributed by atoms with Gasteiger partial charge in [-0.3, -0.25) is 0 Å². The lowest BCUT2D eigenvalue weighted by molar-refractivity contribution is 1.27. The SMILES string of the molecule is c1ccc(-c2c3ccccc3n3ccc4c5ccccc5[nH]c4c23)cc1. The highest BCUT2D eigenvalue weighted by Gasteiger charge is 2.17. The molecule has 2 nitrogen and oxygen atoms in total. The second kappa shape index (κ2) is 4.99. The van der Waals surface area contributed by atoms with Crippen molar-refractivity contribution in [1.29, 1.82) is 0 Å². The van der Waals surface area contributed by atoms with E-state index in [1.165, 1.54) is 49.4 Å². The van der Waals surface area contributed by atoms with Gasteiger partial charge in [-0.1, -0.05) is 66.7 Å². The van der Waals surface area contributed by atoms with E-state index >= 15 is 0 Å². The van der Waals surface area contributed by atoms with Crippen LogP contribution >= 0.6 is 0 Å². The first-order chi connectivity index (χ1) is 12.9. The van der Waals surface area contributed by atoms with Gasteiger partial charge in [-0.15, -0.1) is 0 Å². The van der Waals surface area contributed by atoms with Gasteiger partial charge in [0.2, 0.25) is 0 Å². The van der Waals surface area contributed by atoms with E-state index in [4.69, 9.17) is 0 Å². The number of nitrogens with zero attached hydrogens (tertiary/aromatic N) is 1.